The molecule has 5 heteroatoms. The first-order valence-electron chi connectivity index (χ1n) is 7.02. The zero-order valence-corrected chi connectivity index (χ0v) is 12.2. The number of benzene rings is 2. The van der Waals surface area contributed by atoms with E-state index in [0.29, 0.717) is 17.1 Å². The molecule has 2 aromatic rings. The Hall–Kier alpha value is -2.82. The van der Waals surface area contributed by atoms with Gasteiger partial charge in [-0.3, -0.25) is 4.79 Å². The van der Waals surface area contributed by atoms with Crippen LogP contribution in [0.4, 0.5) is 0 Å². The van der Waals surface area contributed by atoms with E-state index in [0.717, 1.165) is 5.56 Å². The summed E-state index contributed by atoms with van der Waals surface area (Å²) < 4.78 is 10.5. The molecule has 0 unspecified atom stereocenters. The van der Waals surface area contributed by atoms with Gasteiger partial charge in [0.05, 0.1) is 0 Å². The molecule has 1 N–H and O–H groups in total. The van der Waals surface area contributed by atoms with E-state index in [-0.39, 0.29) is 18.6 Å². The summed E-state index contributed by atoms with van der Waals surface area (Å²) in [5.41, 5.74) is 4.15. The van der Waals surface area contributed by atoms with Crippen LogP contribution >= 0.6 is 0 Å². The lowest BCUT2D eigenvalue weighted by atomic mass is 10.0. The van der Waals surface area contributed by atoms with Gasteiger partial charge in [0.1, 0.15) is 0 Å². The SMILES string of the molecule is C[C@H](/C=N/NC(=O)c1ccc2c(c1)OCO2)c1ccccc1. The molecule has 0 saturated heterocycles. The molecule has 1 aliphatic heterocycles. The quantitative estimate of drug-likeness (QED) is 0.697. The highest BCUT2D eigenvalue weighted by atomic mass is 16.7. The summed E-state index contributed by atoms with van der Waals surface area (Å²) in [6.07, 6.45) is 1.71. The Bertz CT molecular complexity index is 698. The number of hydrazone groups is 1. The second-order valence-corrected chi connectivity index (χ2v) is 4.99. The molecule has 1 aliphatic rings. The van der Waals surface area contributed by atoms with Crippen molar-refractivity contribution >= 4 is 12.1 Å². The Labute approximate surface area is 128 Å². The van der Waals surface area contributed by atoms with E-state index < -0.39 is 0 Å². The maximum absolute atomic E-state index is 12.0. The summed E-state index contributed by atoms with van der Waals surface area (Å²) in [6, 6.07) is 15.0. The fourth-order valence-electron chi connectivity index (χ4n) is 2.15. The average molecular weight is 296 g/mol. The van der Waals surface area contributed by atoms with E-state index in [1.807, 2.05) is 37.3 Å². The molecule has 1 atom stereocenters. The lowest BCUT2D eigenvalue weighted by Crippen LogP contribution is -2.18. The van der Waals surface area contributed by atoms with E-state index in [1.54, 1.807) is 24.4 Å². The average Bonchev–Trinajstić information content (AvgIpc) is 3.03. The molecule has 0 fully saturated rings. The van der Waals surface area contributed by atoms with Crippen molar-refractivity contribution in [3.8, 4) is 11.5 Å². The Kier molecular flexibility index (Phi) is 4.05. The minimum absolute atomic E-state index is 0.123. The van der Waals surface area contributed by atoms with Crippen LogP contribution in [0.5, 0.6) is 11.5 Å². The molecule has 1 amide bonds. The molecular weight excluding hydrogens is 280 g/mol. The number of nitrogens with one attached hydrogen (secondary N) is 1. The topological polar surface area (TPSA) is 59.9 Å². The van der Waals surface area contributed by atoms with Crippen molar-refractivity contribution in [2.24, 2.45) is 5.10 Å². The van der Waals surface area contributed by atoms with Crippen LogP contribution in [0.15, 0.2) is 53.6 Å². The number of carbonyl (C=O) groups is 1. The number of nitrogens with zero attached hydrogens (tertiary/aromatic N) is 1. The number of ether oxygens (including phenoxy) is 2. The van der Waals surface area contributed by atoms with Crippen molar-refractivity contribution in [3.63, 3.8) is 0 Å². The molecule has 22 heavy (non-hydrogen) atoms. The predicted octanol–water partition coefficient (Wildman–Crippen LogP) is 2.93. The van der Waals surface area contributed by atoms with Gasteiger partial charge in [-0.2, -0.15) is 5.10 Å². The summed E-state index contributed by atoms with van der Waals surface area (Å²) in [7, 11) is 0. The molecule has 2 aromatic carbocycles. The highest BCUT2D eigenvalue weighted by Gasteiger charge is 2.15. The number of amides is 1. The van der Waals surface area contributed by atoms with Crippen LogP contribution in [0.25, 0.3) is 0 Å². The normalized spacial score (nSPS) is 14.0. The van der Waals surface area contributed by atoms with Gasteiger partial charge in [-0.05, 0) is 23.8 Å². The van der Waals surface area contributed by atoms with Crippen molar-refractivity contribution in [3.05, 3.63) is 59.7 Å². The third-order valence-electron chi connectivity index (χ3n) is 3.42. The summed E-state index contributed by atoms with van der Waals surface area (Å²) in [5, 5.41) is 4.02. The first kappa shape index (κ1) is 14.1. The number of carbonyl (C=O) groups excluding carboxylic acids is 1. The number of fused-ring (bicyclic) bond motifs is 1. The molecule has 0 saturated carbocycles. The van der Waals surface area contributed by atoms with Gasteiger partial charge in [-0.1, -0.05) is 37.3 Å². The van der Waals surface area contributed by atoms with Gasteiger partial charge < -0.3 is 9.47 Å². The second kappa shape index (κ2) is 6.30. The maximum Gasteiger partial charge on any atom is 0.271 e. The summed E-state index contributed by atoms with van der Waals surface area (Å²) >= 11 is 0. The summed E-state index contributed by atoms with van der Waals surface area (Å²) in [5.74, 6) is 1.07. The molecule has 1 heterocycles. The Balaban J connectivity index is 1.61. The van der Waals surface area contributed by atoms with Crippen LogP contribution in [0.3, 0.4) is 0 Å². The molecule has 0 bridgehead atoms. The molecular formula is C17H16N2O3. The smallest absolute Gasteiger partial charge is 0.271 e. The van der Waals surface area contributed by atoms with Gasteiger partial charge >= 0.3 is 0 Å². The predicted molar refractivity (Wildman–Crippen MR) is 83.4 cm³/mol. The molecule has 0 spiro atoms. The van der Waals surface area contributed by atoms with E-state index in [4.69, 9.17) is 9.47 Å². The molecule has 5 nitrogen and oxygen atoms in total. The second-order valence-electron chi connectivity index (χ2n) is 4.99. The maximum atomic E-state index is 12.0. The Morgan fingerprint density at radius 1 is 1.18 bits per heavy atom. The lowest BCUT2D eigenvalue weighted by molar-refractivity contribution is 0.0954. The number of rotatable bonds is 4. The zero-order valence-electron chi connectivity index (χ0n) is 12.2. The first-order chi connectivity index (χ1) is 10.7. The van der Waals surface area contributed by atoms with Crippen molar-refractivity contribution in [1.82, 2.24) is 5.43 Å². The molecule has 0 radical (unpaired) electrons. The van der Waals surface area contributed by atoms with Crippen LogP contribution in [-0.4, -0.2) is 18.9 Å². The van der Waals surface area contributed by atoms with Crippen LogP contribution in [0.2, 0.25) is 0 Å². The van der Waals surface area contributed by atoms with Crippen molar-refractivity contribution in [2.45, 2.75) is 12.8 Å². The van der Waals surface area contributed by atoms with Gasteiger partial charge in [-0.15, -0.1) is 0 Å². The van der Waals surface area contributed by atoms with Gasteiger partial charge in [0.15, 0.2) is 11.5 Å². The van der Waals surface area contributed by atoms with Gasteiger partial charge in [0, 0.05) is 17.7 Å². The molecule has 3 rings (SSSR count). The largest absolute Gasteiger partial charge is 0.454 e. The van der Waals surface area contributed by atoms with Crippen LogP contribution in [-0.2, 0) is 0 Å². The van der Waals surface area contributed by atoms with Gasteiger partial charge in [0.25, 0.3) is 5.91 Å². The molecule has 0 aromatic heterocycles. The molecule has 112 valence electrons. The molecule has 0 aliphatic carbocycles. The van der Waals surface area contributed by atoms with E-state index >= 15 is 0 Å². The third kappa shape index (κ3) is 3.09. The van der Waals surface area contributed by atoms with Crippen LogP contribution in [0, 0.1) is 0 Å². The van der Waals surface area contributed by atoms with E-state index in [1.165, 1.54) is 0 Å². The number of hydrogen-bond donors (Lipinski definition) is 1. The van der Waals surface area contributed by atoms with Crippen molar-refractivity contribution in [1.29, 1.82) is 0 Å². The minimum atomic E-state index is -0.283. The van der Waals surface area contributed by atoms with Crippen molar-refractivity contribution in [2.75, 3.05) is 6.79 Å². The summed E-state index contributed by atoms with van der Waals surface area (Å²) in [6.45, 7) is 2.21. The van der Waals surface area contributed by atoms with Crippen molar-refractivity contribution < 1.29 is 14.3 Å². The standard InChI is InChI=1S/C17H16N2O3/c1-12(13-5-3-2-4-6-13)10-18-19-17(20)14-7-8-15-16(9-14)22-11-21-15/h2-10,12H,11H2,1H3,(H,19,20)/b18-10+/t12-/m1/s1. The van der Waals surface area contributed by atoms with E-state index in [2.05, 4.69) is 10.5 Å². The fourth-order valence-corrected chi connectivity index (χ4v) is 2.15. The lowest BCUT2D eigenvalue weighted by Gasteiger charge is -2.05. The van der Waals surface area contributed by atoms with Gasteiger partial charge in [0.2, 0.25) is 6.79 Å². The van der Waals surface area contributed by atoms with Crippen LogP contribution in [0.1, 0.15) is 28.8 Å². The minimum Gasteiger partial charge on any atom is -0.454 e. The van der Waals surface area contributed by atoms with Crippen LogP contribution < -0.4 is 14.9 Å². The number of hydrogen-bond acceptors (Lipinski definition) is 4. The third-order valence-corrected chi connectivity index (χ3v) is 3.42. The van der Waals surface area contributed by atoms with Gasteiger partial charge in [-0.25, -0.2) is 5.43 Å². The highest BCUT2D eigenvalue weighted by molar-refractivity contribution is 5.95. The van der Waals surface area contributed by atoms with E-state index in [9.17, 15) is 4.79 Å². The zero-order chi connectivity index (χ0) is 15.4. The Morgan fingerprint density at radius 2 is 1.95 bits per heavy atom. The highest BCUT2D eigenvalue weighted by Crippen LogP contribution is 2.32. The monoisotopic (exact) mass is 296 g/mol. The first-order valence-corrected chi connectivity index (χ1v) is 7.02. The summed E-state index contributed by atoms with van der Waals surface area (Å²) in [4.78, 5) is 12.0. The fraction of sp³-hybridized carbons (Fsp3) is 0.176. The Morgan fingerprint density at radius 3 is 2.77 bits per heavy atom.